The van der Waals surface area contributed by atoms with Crippen LogP contribution in [0.5, 0.6) is 0 Å². The summed E-state index contributed by atoms with van der Waals surface area (Å²) >= 11 is 0. The summed E-state index contributed by atoms with van der Waals surface area (Å²) in [5.74, 6) is 3.08. The lowest BCUT2D eigenvalue weighted by Gasteiger charge is -2.27. The van der Waals surface area contributed by atoms with Gasteiger partial charge >= 0.3 is 0 Å². The van der Waals surface area contributed by atoms with Gasteiger partial charge in [0.15, 0.2) is 0 Å². The Labute approximate surface area is 123 Å². The van der Waals surface area contributed by atoms with Gasteiger partial charge in [0.25, 0.3) is 0 Å². The molecule has 1 aromatic carbocycles. The van der Waals surface area contributed by atoms with E-state index in [4.69, 9.17) is 5.73 Å². The molecule has 3 rings (SSSR count). The van der Waals surface area contributed by atoms with E-state index >= 15 is 0 Å². The van der Waals surface area contributed by atoms with Gasteiger partial charge < -0.3 is 10.6 Å². The molecule has 2 aliphatic carbocycles. The van der Waals surface area contributed by atoms with Crippen molar-refractivity contribution in [3.05, 3.63) is 35.4 Å². The lowest BCUT2D eigenvalue weighted by molar-refractivity contribution is 0.221. The van der Waals surface area contributed by atoms with Gasteiger partial charge in [0.05, 0.1) is 0 Å². The molecule has 3 unspecified atom stereocenters. The Bertz CT molecular complexity index is 443. The smallest absolute Gasteiger partial charge is 0.0180 e. The van der Waals surface area contributed by atoms with Crippen molar-refractivity contribution >= 4 is 0 Å². The summed E-state index contributed by atoms with van der Waals surface area (Å²) in [5.41, 5.74) is 8.55. The fourth-order valence-corrected chi connectivity index (χ4v) is 4.40. The van der Waals surface area contributed by atoms with Crippen molar-refractivity contribution < 1.29 is 0 Å². The molecule has 2 N–H and O–H groups in total. The topological polar surface area (TPSA) is 29.3 Å². The molecule has 0 radical (unpaired) electrons. The molecule has 1 aromatic rings. The summed E-state index contributed by atoms with van der Waals surface area (Å²) in [6.45, 7) is 3.11. The van der Waals surface area contributed by atoms with E-state index < -0.39 is 0 Å². The fourth-order valence-electron chi connectivity index (χ4n) is 4.40. The van der Waals surface area contributed by atoms with Gasteiger partial charge in [-0.1, -0.05) is 30.7 Å². The normalized spacial score (nSPS) is 28.4. The molecule has 0 heterocycles. The van der Waals surface area contributed by atoms with Crippen molar-refractivity contribution in [3.8, 4) is 0 Å². The predicted octanol–water partition coefficient (Wildman–Crippen LogP) is 3.06. The van der Waals surface area contributed by atoms with Crippen LogP contribution in [0.3, 0.4) is 0 Å². The molecule has 2 fully saturated rings. The minimum Gasteiger partial charge on any atom is -0.326 e. The van der Waals surface area contributed by atoms with Crippen molar-refractivity contribution in [1.82, 2.24) is 4.90 Å². The van der Waals surface area contributed by atoms with Gasteiger partial charge in [-0.15, -0.1) is 0 Å². The molecule has 0 amide bonds. The largest absolute Gasteiger partial charge is 0.326 e. The van der Waals surface area contributed by atoms with Crippen molar-refractivity contribution in [2.45, 2.75) is 38.6 Å². The second kappa shape index (κ2) is 6.28. The number of rotatable bonds is 6. The lowest BCUT2D eigenvalue weighted by Crippen LogP contribution is -2.30. The van der Waals surface area contributed by atoms with Crippen LogP contribution in [0.15, 0.2) is 24.3 Å². The highest BCUT2D eigenvalue weighted by molar-refractivity contribution is 5.27. The number of fused-ring (bicyclic) bond motifs is 2. The number of hydrogen-bond acceptors (Lipinski definition) is 2. The molecule has 2 aliphatic rings. The highest BCUT2D eigenvalue weighted by Crippen LogP contribution is 2.48. The third-order valence-electron chi connectivity index (χ3n) is 5.53. The average Bonchev–Trinajstić information content (AvgIpc) is 3.08. The maximum absolute atomic E-state index is 5.82. The zero-order valence-electron chi connectivity index (χ0n) is 12.7. The van der Waals surface area contributed by atoms with E-state index in [1.807, 2.05) is 0 Å². The van der Waals surface area contributed by atoms with E-state index in [9.17, 15) is 0 Å². The van der Waals surface area contributed by atoms with Crippen LogP contribution in [-0.2, 0) is 13.0 Å². The maximum Gasteiger partial charge on any atom is 0.0180 e. The molecule has 110 valence electrons. The molecular weight excluding hydrogens is 244 g/mol. The highest BCUT2D eigenvalue weighted by Gasteiger charge is 2.39. The summed E-state index contributed by atoms with van der Waals surface area (Å²) in [6, 6.07) is 8.61. The van der Waals surface area contributed by atoms with Crippen LogP contribution in [0.1, 0.15) is 36.8 Å². The molecule has 2 heteroatoms. The second-order valence-corrected chi connectivity index (χ2v) is 6.92. The van der Waals surface area contributed by atoms with Crippen molar-refractivity contribution in [2.24, 2.45) is 23.5 Å². The third-order valence-corrected chi connectivity index (χ3v) is 5.53. The zero-order valence-corrected chi connectivity index (χ0v) is 12.7. The quantitative estimate of drug-likeness (QED) is 0.862. The minimum absolute atomic E-state index is 0.659. The summed E-state index contributed by atoms with van der Waals surface area (Å²) in [6.07, 6.45) is 7.15. The SMILES string of the molecule is CN(CCc1ccccc1CN)CC1CC2CCC1C2. The molecule has 2 saturated carbocycles. The number of nitrogens with two attached hydrogens (primary N) is 1. The number of hydrogen-bond donors (Lipinski definition) is 1. The number of likely N-dealkylation sites (N-methyl/N-ethyl adjacent to an activating group) is 1. The first-order valence-electron chi connectivity index (χ1n) is 8.21. The van der Waals surface area contributed by atoms with Crippen LogP contribution in [0, 0.1) is 17.8 Å². The van der Waals surface area contributed by atoms with E-state index in [2.05, 4.69) is 36.2 Å². The van der Waals surface area contributed by atoms with Crippen LogP contribution in [0.2, 0.25) is 0 Å². The predicted molar refractivity (Wildman–Crippen MR) is 84.5 cm³/mol. The van der Waals surface area contributed by atoms with Crippen LogP contribution >= 0.6 is 0 Å². The third kappa shape index (κ3) is 3.07. The summed E-state index contributed by atoms with van der Waals surface area (Å²) in [7, 11) is 2.29. The molecule has 20 heavy (non-hydrogen) atoms. The first-order chi connectivity index (χ1) is 9.76. The minimum atomic E-state index is 0.659. The maximum atomic E-state index is 5.82. The summed E-state index contributed by atoms with van der Waals surface area (Å²) in [4.78, 5) is 2.54. The van der Waals surface area contributed by atoms with E-state index in [0.29, 0.717) is 6.54 Å². The average molecular weight is 272 g/mol. The van der Waals surface area contributed by atoms with Crippen LogP contribution in [0.4, 0.5) is 0 Å². The fraction of sp³-hybridized carbons (Fsp3) is 0.667. The van der Waals surface area contributed by atoms with Crippen molar-refractivity contribution in [1.29, 1.82) is 0 Å². The van der Waals surface area contributed by atoms with Crippen LogP contribution in [0.25, 0.3) is 0 Å². The first-order valence-corrected chi connectivity index (χ1v) is 8.21. The number of nitrogens with zero attached hydrogens (tertiary/aromatic N) is 1. The van der Waals surface area contributed by atoms with Gasteiger partial charge in [0.2, 0.25) is 0 Å². The molecule has 3 atom stereocenters. The van der Waals surface area contributed by atoms with Gasteiger partial charge in [0, 0.05) is 19.6 Å². The van der Waals surface area contributed by atoms with Gasteiger partial charge in [-0.05, 0) is 61.6 Å². The molecular formula is C18H28N2. The Morgan fingerprint density at radius 2 is 1.95 bits per heavy atom. The van der Waals surface area contributed by atoms with E-state index in [1.165, 1.54) is 43.4 Å². The van der Waals surface area contributed by atoms with E-state index in [0.717, 1.165) is 30.7 Å². The summed E-state index contributed by atoms with van der Waals surface area (Å²) in [5, 5.41) is 0. The van der Waals surface area contributed by atoms with Gasteiger partial charge in [-0.2, -0.15) is 0 Å². The van der Waals surface area contributed by atoms with Gasteiger partial charge in [-0.3, -0.25) is 0 Å². The van der Waals surface area contributed by atoms with Crippen molar-refractivity contribution in [2.75, 3.05) is 20.1 Å². The second-order valence-electron chi connectivity index (χ2n) is 6.92. The van der Waals surface area contributed by atoms with E-state index in [-0.39, 0.29) is 0 Å². The molecule has 2 bridgehead atoms. The monoisotopic (exact) mass is 272 g/mol. The highest BCUT2D eigenvalue weighted by atomic mass is 15.1. The van der Waals surface area contributed by atoms with Gasteiger partial charge in [0.1, 0.15) is 0 Å². The van der Waals surface area contributed by atoms with Gasteiger partial charge in [-0.25, -0.2) is 0 Å². The Balaban J connectivity index is 1.48. The summed E-state index contributed by atoms with van der Waals surface area (Å²) < 4.78 is 0. The standard InChI is InChI=1S/C18H28N2/c1-20(13-18-11-14-6-7-16(18)10-14)9-8-15-4-2-3-5-17(15)12-19/h2-5,14,16,18H,6-13,19H2,1H3. The zero-order chi connectivity index (χ0) is 13.9. The molecule has 0 spiro atoms. The molecule has 2 nitrogen and oxygen atoms in total. The van der Waals surface area contributed by atoms with E-state index in [1.54, 1.807) is 0 Å². The molecule has 0 saturated heterocycles. The Morgan fingerprint density at radius 1 is 1.15 bits per heavy atom. The van der Waals surface area contributed by atoms with Crippen molar-refractivity contribution in [3.63, 3.8) is 0 Å². The Kier molecular flexibility index (Phi) is 4.42. The number of benzene rings is 1. The molecule has 0 aliphatic heterocycles. The Morgan fingerprint density at radius 3 is 2.60 bits per heavy atom. The molecule has 0 aromatic heterocycles. The van der Waals surface area contributed by atoms with Crippen LogP contribution in [-0.4, -0.2) is 25.0 Å². The lowest BCUT2D eigenvalue weighted by atomic mass is 9.88. The Hall–Kier alpha value is -0.860. The first kappa shape index (κ1) is 14.1. The van der Waals surface area contributed by atoms with Crippen LogP contribution < -0.4 is 5.73 Å².